The Morgan fingerprint density at radius 1 is 1.00 bits per heavy atom. The van der Waals surface area contributed by atoms with E-state index in [9.17, 15) is 9.59 Å². The summed E-state index contributed by atoms with van der Waals surface area (Å²) in [5.74, 6) is 0.420. The van der Waals surface area contributed by atoms with Crippen LogP contribution in [0.25, 0.3) is 11.3 Å². The summed E-state index contributed by atoms with van der Waals surface area (Å²) >= 11 is 12.9. The Bertz CT molecular complexity index is 1640. The number of nitrogens with zero attached hydrogens (tertiary/aromatic N) is 4. The number of H-pyrrole nitrogens is 1. The molecule has 0 radical (unpaired) electrons. The first-order valence-electron chi connectivity index (χ1n) is 15.1. The Morgan fingerprint density at radius 2 is 1.80 bits per heavy atom. The van der Waals surface area contributed by atoms with E-state index in [1.807, 2.05) is 53.4 Å². The Kier molecular flexibility index (Phi) is 9.12. The third-order valence-electron chi connectivity index (χ3n) is 9.59. The molecule has 11 heteroatoms. The molecule has 2 saturated heterocycles. The molecule has 2 aliphatic heterocycles. The van der Waals surface area contributed by atoms with Gasteiger partial charge in [-0.3, -0.25) is 9.59 Å². The molecule has 3 aromatic carbocycles. The summed E-state index contributed by atoms with van der Waals surface area (Å²) in [7, 11) is 1.57. The van der Waals surface area contributed by atoms with Crippen LogP contribution in [0.4, 0.5) is 0 Å². The van der Waals surface area contributed by atoms with Crippen LogP contribution in [-0.2, 0) is 15.7 Å². The van der Waals surface area contributed by atoms with Gasteiger partial charge in [0, 0.05) is 37.2 Å². The maximum Gasteiger partial charge on any atom is 0.257 e. The summed E-state index contributed by atoms with van der Waals surface area (Å²) in [4.78, 5) is 30.0. The highest BCUT2D eigenvalue weighted by Crippen LogP contribution is 2.42. The van der Waals surface area contributed by atoms with Gasteiger partial charge >= 0.3 is 0 Å². The molecule has 0 aliphatic carbocycles. The van der Waals surface area contributed by atoms with Crippen molar-refractivity contribution in [1.29, 1.82) is 0 Å². The van der Waals surface area contributed by atoms with Crippen molar-refractivity contribution in [3.63, 3.8) is 0 Å². The van der Waals surface area contributed by atoms with Gasteiger partial charge in [0.05, 0.1) is 34.5 Å². The van der Waals surface area contributed by atoms with Crippen LogP contribution in [0.1, 0.15) is 47.2 Å². The minimum Gasteiger partial charge on any atom is -0.496 e. The normalized spacial score (nSPS) is 19.8. The number of likely N-dealkylation sites (tertiary alicyclic amines) is 2. The molecule has 1 atom stereocenters. The zero-order valence-corrected chi connectivity index (χ0v) is 26.7. The van der Waals surface area contributed by atoms with Gasteiger partial charge < -0.3 is 19.9 Å². The van der Waals surface area contributed by atoms with Crippen molar-refractivity contribution in [2.45, 2.75) is 36.6 Å². The molecule has 2 aliphatic rings. The monoisotopic (exact) mass is 646 g/mol. The molecule has 2 N–H and O–H groups in total. The third-order valence-corrected chi connectivity index (χ3v) is 10.3. The molecule has 0 bridgehead atoms. The van der Waals surface area contributed by atoms with Gasteiger partial charge in [-0.25, -0.2) is 0 Å². The number of methoxy groups -OCH3 is 1. The summed E-state index contributed by atoms with van der Waals surface area (Å²) in [5, 5.41) is 14.9. The first-order chi connectivity index (χ1) is 21.9. The van der Waals surface area contributed by atoms with Crippen molar-refractivity contribution >= 4 is 35.5 Å². The van der Waals surface area contributed by atoms with E-state index in [0.717, 1.165) is 68.4 Å². The van der Waals surface area contributed by atoms with Crippen LogP contribution in [0.15, 0.2) is 72.9 Å². The largest absolute Gasteiger partial charge is 0.496 e. The summed E-state index contributed by atoms with van der Waals surface area (Å²) in [5.41, 5.74) is 3.46. The molecular formula is C34H36Cl2N6O3. The number of halogens is 2. The number of hydrogen-bond donors (Lipinski definition) is 2. The highest BCUT2D eigenvalue weighted by atomic mass is 35.5. The van der Waals surface area contributed by atoms with Gasteiger partial charge in [0.1, 0.15) is 11.4 Å². The van der Waals surface area contributed by atoms with Gasteiger partial charge in [0.25, 0.3) is 5.91 Å². The number of benzene rings is 3. The SMILES string of the molecule is COc1ccc(-c2cn[nH]n2)cc1C(=O)N1CCC(CCN2CCC(NC=O)(c3ccccc3)CC2)(c2ccc(Cl)c(Cl)c2)C1. The maximum absolute atomic E-state index is 14.1. The van der Waals surface area contributed by atoms with E-state index >= 15 is 0 Å². The number of hydrogen-bond acceptors (Lipinski definition) is 6. The number of piperidine rings is 1. The van der Waals surface area contributed by atoms with Crippen molar-refractivity contribution in [2.24, 2.45) is 0 Å². The summed E-state index contributed by atoms with van der Waals surface area (Å²) < 4.78 is 5.60. The molecule has 9 nitrogen and oxygen atoms in total. The minimum atomic E-state index is -0.364. The number of amides is 2. The second kappa shape index (κ2) is 13.2. The number of carbonyl (C=O) groups is 2. The number of nitrogens with one attached hydrogen (secondary N) is 2. The quantitative estimate of drug-likeness (QED) is 0.214. The summed E-state index contributed by atoms with van der Waals surface area (Å²) in [6, 6.07) is 21.5. The van der Waals surface area contributed by atoms with Gasteiger partial charge in [0.2, 0.25) is 6.41 Å². The number of ether oxygens (including phenoxy) is 1. The lowest BCUT2D eigenvalue weighted by Gasteiger charge is -2.43. The van der Waals surface area contributed by atoms with E-state index in [4.69, 9.17) is 27.9 Å². The predicted molar refractivity (Wildman–Crippen MR) is 175 cm³/mol. The molecule has 234 valence electrons. The van der Waals surface area contributed by atoms with Gasteiger partial charge in [-0.1, -0.05) is 59.6 Å². The molecule has 0 spiro atoms. The van der Waals surface area contributed by atoms with Gasteiger partial charge in [-0.15, -0.1) is 0 Å². The Morgan fingerprint density at radius 3 is 2.49 bits per heavy atom. The lowest BCUT2D eigenvalue weighted by atomic mass is 9.76. The highest BCUT2D eigenvalue weighted by Gasteiger charge is 2.43. The molecule has 45 heavy (non-hydrogen) atoms. The van der Waals surface area contributed by atoms with Crippen LogP contribution in [-0.4, -0.2) is 77.4 Å². The maximum atomic E-state index is 14.1. The fourth-order valence-electron chi connectivity index (χ4n) is 6.92. The van der Waals surface area contributed by atoms with Crippen LogP contribution in [0.3, 0.4) is 0 Å². The van der Waals surface area contributed by atoms with Crippen molar-refractivity contribution in [1.82, 2.24) is 30.5 Å². The molecular weight excluding hydrogens is 611 g/mol. The average Bonchev–Trinajstić information content (AvgIpc) is 3.78. The molecule has 3 heterocycles. The number of aromatic amines is 1. The van der Waals surface area contributed by atoms with Crippen LogP contribution < -0.4 is 10.1 Å². The molecule has 1 aromatic heterocycles. The van der Waals surface area contributed by atoms with E-state index in [-0.39, 0.29) is 16.9 Å². The predicted octanol–water partition coefficient (Wildman–Crippen LogP) is 5.70. The zero-order valence-electron chi connectivity index (χ0n) is 25.1. The van der Waals surface area contributed by atoms with Crippen molar-refractivity contribution < 1.29 is 14.3 Å². The average molecular weight is 648 g/mol. The van der Waals surface area contributed by atoms with E-state index in [0.29, 0.717) is 40.1 Å². The molecule has 0 saturated carbocycles. The van der Waals surface area contributed by atoms with E-state index in [1.165, 1.54) is 0 Å². The fourth-order valence-corrected chi connectivity index (χ4v) is 7.22. The second-order valence-electron chi connectivity index (χ2n) is 12.0. The molecule has 6 rings (SSSR count). The standard InChI is InChI=1S/C34H36Cl2N6O3/c1-45-31-10-7-24(30-21-38-40-39-30)19-27(31)32(44)42-18-12-33(22-42,26-8-9-28(35)29(36)20-26)11-15-41-16-13-34(14-17-41,37-23-43)25-5-3-2-4-6-25/h2-10,19-21,23H,11-18,22H2,1H3,(H,37,43)(H,38,39,40). The van der Waals surface area contributed by atoms with Crippen molar-refractivity contribution in [3.05, 3.63) is 99.7 Å². The number of rotatable bonds is 10. The topological polar surface area (TPSA) is 103 Å². The zero-order chi connectivity index (χ0) is 31.4. The first kappa shape index (κ1) is 31.1. The van der Waals surface area contributed by atoms with Gasteiger partial charge in [-0.2, -0.15) is 15.4 Å². The second-order valence-corrected chi connectivity index (χ2v) is 12.8. The van der Waals surface area contributed by atoms with Crippen LogP contribution >= 0.6 is 23.2 Å². The van der Waals surface area contributed by atoms with Gasteiger partial charge in [-0.05, 0) is 73.7 Å². The molecule has 2 fully saturated rings. The highest BCUT2D eigenvalue weighted by molar-refractivity contribution is 6.42. The van der Waals surface area contributed by atoms with Gasteiger partial charge in [0.15, 0.2) is 0 Å². The molecule has 4 aromatic rings. The minimum absolute atomic E-state index is 0.0929. The summed E-state index contributed by atoms with van der Waals surface area (Å²) in [6.07, 6.45) is 5.72. The number of aromatic nitrogens is 3. The number of carbonyl (C=O) groups excluding carboxylic acids is 2. The van der Waals surface area contributed by atoms with Crippen LogP contribution in [0.5, 0.6) is 5.75 Å². The Hall–Kier alpha value is -3.92. The molecule has 1 unspecified atom stereocenters. The van der Waals surface area contributed by atoms with Crippen molar-refractivity contribution in [2.75, 3.05) is 39.8 Å². The lowest BCUT2D eigenvalue weighted by Crippen LogP contribution is -2.51. The Balaban J connectivity index is 1.22. The van der Waals surface area contributed by atoms with E-state index in [2.05, 4.69) is 37.8 Å². The smallest absolute Gasteiger partial charge is 0.257 e. The lowest BCUT2D eigenvalue weighted by molar-refractivity contribution is -0.112. The summed E-state index contributed by atoms with van der Waals surface area (Å²) in [6.45, 7) is 3.68. The Labute approximate surface area is 272 Å². The van der Waals surface area contributed by atoms with E-state index < -0.39 is 0 Å². The third kappa shape index (κ3) is 6.30. The van der Waals surface area contributed by atoms with Crippen LogP contribution in [0, 0.1) is 0 Å². The van der Waals surface area contributed by atoms with Crippen molar-refractivity contribution in [3.8, 4) is 17.0 Å². The molecule has 2 amide bonds. The van der Waals surface area contributed by atoms with Crippen LogP contribution in [0.2, 0.25) is 10.0 Å². The fraction of sp³-hybridized carbons (Fsp3) is 0.353. The first-order valence-corrected chi connectivity index (χ1v) is 15.9. The van der Waals surface area contributed by atoms with E-state index in [1.54, 1.807) is 19.4 Å².